The molecular formula is C22H20FN5O5S. The van der Waals surface area contributed by atoms with Gasteiger partial charge in [0.2, 0.25) is 15.9 Å². The van der Waals surface area contributed by atoms with Crippen molar-refractivity contribution in [3.05, 3.63) is 72.0 Å². The maximum absolute atomic E-state index is 13.2. The lowest BCUT2D eigenvalue weighted by Crippen LogP contribution is -2.28. The van der Waals surface area contributed by atoms with Crippen LogP contribution in [-0.4, -0.2) is 54.0 Å². The second kappa shape index (κ2) is 9.93. The molecule has 0 radical (unpaired) electrons. The van der Waals surface area contributed by atoms with Gasteiger partial charge in [-0.05, 0) is 61.5 Å². The van der Waals surface area contributed by atoms with E-state index in [0.29, 0.717) is 17.0 Å². The number of sulfonamides is 1. The summed E-state index contributed by atoms with van der Waals surface area (Å²) in [7, 11) is -3.80. The number of benzene rings is 2. The van der Waals surface area contributed by atoms with E-state index in [9.17, 15) is 17.6 Å². The van der Waals surface area contributed by atoms with E-state index in [4.69, 9.17) is 9.47 Å². The molecule has 0 aliphatic rings. The summed E-state index contributed by atoms with van der Waals surface area (Å²) in [5, 5.41) is 12.4. The first-order valence-corrected chi connectivity index (χ1v) is 11.7. The zero-order chi connectivity index (χ0) is 24.1. The zero-order valence-electron chi connectivity index (χ0n) is 18.0. The molecule has 2 aromatic carbocycles. The molecule has 0 saturated carbocycles. The van der Waals surface area contributed by atoms with Crippen LogP contribution < -0.4 is 9.46 Å². The van der Waals surface area contributed by atoms with Crippen LogP contribution in [0.3, 0.4) is 0 Å². The summed E-state index contributed by atoms with van der Waals surface area (Å²) in [5.41, 5.74) is 1.36. The molecule has 0 amide bonds. The van der Waals surface area contributed by atoms with Crippen LogP contribution in [0.4, 0.5) is 4.39 Å². The Balaban J connectivity index is 1.37. The van der Waals surface area contributed by atoms with E-state index in [1.807, 2.05) is 0 Å². The van der Waals surface area contributed by atoms with Crippen LogP contribution in [0.15, 0.2) is 65.6 Å². The Morgan fingerprint density at radius 3 is 2.47 bits per heavy atom. The fourth-order valence-electron chi connectivity index (χ4n) is 3.03. The summed E-state index contributed by atoms with van der Waals surface area (Å²) in [5.74, 6) is -0.249. The SMILES string of the molecule is CCOC(=O)c1ccc(S(=O)(=O)NCCOc2ccc3nnc(-c4ccc(F)cc4)n3n2)cc1. The molecule has 0 saturated heterocycles. The molecule has 12 heteroatoms. The number of nitrogens with one attached hydrogen (secondary N) is 1. The molecule has 34 heavy (non-hydrogen) atoms. The molecular weight excluding hydrogens is 465 g/mol. The van der Waals surface area contributed by atoms with Crippen LogP contribution in [0.25, 0.3) is 17.0 Å². The summed E-state index contributed by atoms with van der Waals surface area (Å²) in [6, 6.07) is 14.4. The Morgan fingerprint density at radius 2 is 1.76 bits per heavy atom. The first kappa shape index (κ1) is 23.3. The van der Waals surface area contributed by atoms with Crippen molar-refractivity contribution in [2.45, 2.75) is 11.8 Å². The van der Waals surface area contributed by atoms with Gasteiger partial charge < -0.3 is 9.47 Å². The van der Waals surface area contributed by atoms with Crippen molar-refractivity contribution in [2.75, 3.05) is 19.8 Å². The van der Waals surface area contributed by atoms with Crippen LogP contribution in [0, 0.1) is 5.82 Å². The fraction of sp³-hybridized carbons (Fsp3) is 0.182. The molecule has 0 bridgehead atoms. The molecule has 2 heterocycles. The van der Waals surface area contributed by atoms with E-state index in [1.54, 1.807) is 31.2 Å². The standard InChI is InChI=1S/C22H20FN5O5S/c1-2-32-22(29)16-5-9-18(10-6-16)34(30,31)24-13-14-33-20-12-11-19-25-26-21(28(19)27-20)15-3-7-17(23)8-4-15/h3-12,24H,2,13-14H2,1H3. The highest BCUT2D eigenvalue weighted by atomic mass is 32.2. The summed E-state index contributed by atoms with van der Waals surface area (Å²) in [6.07, 6.45) is 0. The van der Waals surface area contributed by atoms with Crippen molar-refractivity contribution in [3.8, 4) is 17.3 Å². The monoisotopic (exact) mass is 485 g/mol. The van der Waals surface area contributed by atoms with Gasteiger partial charge in [-0.1, -0.05) is 0 Å². The predicted octanol–water partition coefficient (Wildman–Crippen LogP) is 2.46. The molecule has 1 N–H and O–H groups in total. The summed E-state index contributed by atoms with van der Waals surface area (Å²) in [4.78, 5) is 11.7. The van der Waals surface area contributed by atoms with Gasteiger partial charge in [-0.15, -0.1) is 15.3 Å². The summed E-state index contributed by atoms with van der Waals surface area (Å²) in [6.45, 7) is 1.90. The summed E-state index contributed by atoms with van der Waals surface area (Å²) < 4.78 is 52.5. The fourth-order valence-corrected chi connectivity index (χ4v) is 4.04. The smallest absolute Gasteiger partial charge is 0.338 e. The van der Waals surface area contributed by atoms with Crippen LogP contribution in [-0.2, 0) is 14.8 Å². The van der Waals surface area contributed by atoms with Crippen molar-refractivity contribution in [1.29, 1.82) is 0 Å². The minimum Gasteiger partial charge on any atom is -0.475 e. The molecule has 0 spiro atoms. The maximum atomic E-state index is 13.2. The van der Waals surface area contributed by atoms with E-state index >= 15 is 0 Å². The third-order valence-corrected chi connectivity index (χ3v) is 6.14. The van der Waals surface area contributed by atoms with Crippen molar-refractivity contribution in [1.82, 2.24) is 24.5 Å². The minimum absolute atomic E-state index is 0.00660. The second-order valence-electron chi connectivity index (χ2n) is 6.96. The summed E-state index contributed by atoms with van der Waals surface area (Å²) >= 11 is 0. The topological polar surface area (TPSA) is 125 Å². The Labute approximate surface area is 194 Å². The number of nitrogens with zero attached hydrogens (tertiary/aromatic N) is 4. The number of rotatable bonds is 9. The molecule has 10 nitrogen and oxygen atoms in total. The molecule has 176 valence electrons. The van der Waals surface area contributed by atoms with Crippen molar-refractivity contribution < 1.29 is 27.1 Å². The number of fused-ring (bicyclic) bond motifs is 1. The van der Waals surface area contributed by atoms with Gasteiger partial charge in [-0.2, -0.15) is 4.52 Å². The molecule has 0 aliphatic heterocycles. The Hall–Kier alpha value is -3.90. The Bertz CT molecular complexity index is 1410. The van der Waals surface area contributed by atoms with Gasteiger partial charge in [0.1, 0.15) is 12.4 Å². The van der Waals surface area contributed by atoms with Gasteiger partial charge in [0.15, 0.2) is 11.5 Å². The van der Waals surface area contributed by atoms with E-state index in [0.717, 1.165) is 0 Å². The number of hydrogen-bond donors (Lipinski definition) is 1. The Kier molecular flexibility index (Phi) is 6.80. The van der Waals surface area contributed by atoms with E-state index < -0.39 is 16.0 Å². The van der Waals surface area contributed by atoms with Crippen molar-refractivity contribution in [2.24, 2.45) is 0 Å². The van der Waals surface area contributed by atoms with Crippen LogP contribution in [0.5, 0.6) is 5.88 Å². The van der Waals surface area contributed by atoms with Gasteiger partial charge in [0, 0.05) is 18.2 Å². The highest BCUT2D eigenvalue weighted by Crippen LogP contribution is 2.19. The normalized spacial score (nSPS) is 11.5. The van der Waals surface area contributed by atoms with Gasteiger partial charge in [0.25, 0.3) is 0 Å². The van der Waals surface area contributed by atoms with Gasteiger partial charge >= 0.3 is 5.97 Å². The van der Waals surface area contributed by atoms with Crippen LogP contribution >= 0.6 is 0 Å². The average molecular weight is 485 g/mol. The van der Waals surface area contributed by atoms with Crippen LogP contribution in [0.2, 0.25) is 0 Å². The molecule has 0 fully saturated rings. The van der Waals surface area contributed by atoms with E-state index in [2.05, 4.69) is 20.0 Å². The number of halogens is 1. The zero-order valence-corrected chi connectivity index (χ0v) is 18.8. The van der Waals surface area contributed by atoms with Crippen LogP contribution in [0.1, 0.15) is 17.3 Å². The second-order valence-corrected chi connectivity index (χ2v) is 8.73. The largest absolute Gasteiger partial charge is 0.475 e. The first-order chi connectivity index (χ1) is 16.4. The highest BCUT2D eigenvalue weighted by Gasteiger charge is 2.15. The van der Waals surface area contributed by atoms with Gasteiger partial charge in [-0.3, -0.25) is 0 Å². The number of esters is 1. The number of carbonyl (C=O) groups excluding carboxylic acids is 1. The van der Waals surface area contributed by atoms with Crippen molar-refractivity contribution >= 4 is 21.6 Å². The Morgan fingerprint density at radius 1 is 1.03 bits per heavy atom. The third kappa shape index (κ3) is 5.18. The number of aromatic nitrogens is 4. The first-order valence-electron chi connectivity index (χ1n) is 10.3. The number of carbonyl (C=O) groups is 1. The van der Waals surface area contributed by atoms with Gasteiger partial charge in [-0.25, -0.2) is 22.3 Å². The van der Waals surface area contributed by atoms with E-state index in [-0.39, 0.29) is 41.9 Å². The number of hydrogen-bond acceptors (Lipinski definition) is 8. The van der Waals surface area contributed by atoms with Gasteiger partial charge in [0.05, 0.1) is 17.1 Å². The quantitative estimate of drug-likeness (QED) is 0.283. The van der Waals surface area contributed by atoms with Crippen molar-refractivity contribution in [3.63, 3.8) is 0 Å². The third-order valence-electron chi connectivity index (χ3n) is 4.66. The molecule has 0 unspecified atom stereocenters. The lowest BCUT2D eigenvalue weighted by molar-refractivity contribution is 0.0526. The molecule has 4 aromatic rings. The molecule has 2 aromatic heterocycles. The van der Waals surface area contributed by atoms with E-state index in [1.165, 1.54) is 40.9 Å². The predicted molar refractivity (Wildman–Crippen MR) is 119 cm³/mol. The maximum Gasteiger partial charge on any atom is 0.338 e. The molecule has 0 aliphatic carbocycles. The molecule has 0 atom stereocenters. The lowest BCUT2D eigenvalue weighted by Gasteiger charge is -2.09. The minimum atomic E-state index is -3.80. The highest BCUT2D eigenvalue weighted by molar-refractivity contribution is 7.89. The molecule has 4 rings (SSSR count). The average Bonchev–Trinajstić information content (AvgIpc) is 3.26. The lowest BCUT2D eigenvalue weighted by atomic mass is 10.2. The number of ether oxygens (including phenoxy) is 2.